The molecule has 0 aliphatic heterocycles. The maximum absolute atomic E-state index is 15.1. The first-order valence-electron chi connectivity index (χ1n) is 49.3. The van der Waals surface area contributed by atoms with Crippen LogP contribution in [0.3, 0.4) is 0 Å². The highest BCUT2D eigenvalue weighted by atomic mass is 16.4. The topological polar surface area (TPSA) is 604 Å². The summed E-state index contributed by atoms with van der Waals surface area (Å²) in [7, 11) is 0. The van der Waals surface area contributed by atoms with Gasteiger partial charge in [0.05, 0.1) is 54.6 Å². The molecule has 0 aliphatic carbocycles. The highest BCUT2D eigenvalue weighted by molar-refractivity contribution is 6.00. The molecule has 0 unspecified atom stereocenters. The number of nitrogens with one attached hydrogen (secondary N) is 13. The number of aromatic hydroxyl groups is 1. The van der Waals surface area contributed by atoms with Crippen LogP contribution in [0.5, 0.6) is 5.75 Å². The Hall–Kier alpha value is -14.5. The molecule has 0 bridgehead atoms. The summed E-state index contributed by atoms with van der Waals surface area (Å²) < 4.78 is 0. The molecule has 768 valence electrons. The number of hydrogen-bond acceptors (Lipinski definition) is 22. The van der Waals surface area contributed by atoms with E-state index in [0.29, 0.717) is 92.6 Å². The van der Waals surface area contributed by atoms with Crippen LogP contribution in [0.25, 0.3) is 12.2 Å². The number of carbonyl (C=O) groups excluding carboxylic acids is 13. The first kappa shape index (κ1) is 115. The van der Waals surface area contributed by atoms with Gasteiger partial charge in [-0.15, -0.1) is 0 Å². The van der Waals surface area contributed by atoms with Crippen molar-refractivity contribution in [3.05, 3.63) is 227 Å². The fourth-order valence-corrected chi connectivity index (χ4v) is 16.5. The summed E-state index contributed by atoms with van der Waals surface area (Å²) in [5, 5.41) is 71.0. The first-order valence-corrected chi connectivity index (χ1v) is 49.3. The number of nitrogens with zero attached hydrogens (tertiary/aromatic N) is 3. The number of nitrogens with two attached hydrogens (primary N) is 4. The minimum Gasteiger partial charge on any atom is -0.508 e. The molecule has 0 radical (unpaired) electrons. The van der Waals surface area contributed by atoms with Gasteiger partial charge in [-0.1, -0.05) is 168 Å². The number of hydrogen-bond donors (Lipinski definition) is 19. The first-order chi connectivity index (χ1) is 68.6. The van der Waals surface area contributed by atoms with Crippen molar-refractivity contribution < 1.29 is 77.3 Å². The Morgan fingerprint density at radius 3 is 1.45 bits per heavy atom. The number of carboxylic acid groups (broad SMARTS) is 1. The molecule has 0 fully saturated rings. The van der Waals surface area contributed by atoms with E-state index in [0.717, 1.165) is 22.5 Å². The summed E-state index contributed by atoms with van der Waals surface area (Å²) in [4.78, 5) is 209. The summed E-state index contributed by atoms with van der Waals surface area (Å²) >= 11 is 0. The van der Waals surface area contributed by atoms with E-state index < -0.39 is 169 Å². The average molecular weight is 1970 g/mol. The SMILES string of the molecule is CC[C@H](C)[C@H](CC(=O)[C@H](Cc1ccccc1)NC(=O)[C@@H](CC(=O)CCCCCNC(=O)c1ccc(/C=C/c2ccc(NC(=O)CN(Cc3ccccn3)Cc3ccccn3)cc2)cc1)Cc1ccc(O)cc1)C(=O)N[C@H](C(=O)C[C@@H](Cc1ccccc1)C(=O)NCC(=O)CCC(=O)N[C@@H](CCCNC(=N)N)C(=O)C[C@H](CCCNC(=N)N)C(=O)N[C@@H](CCCNC(=N)N)C(=O)C[C@@H](CCCCN)C(=O)O)C(C)C. The maximum Gasteiger partial charge on any atom is 0.306 e. The molecule has 23 N–H and O–H groups in total. The van der Waals surface area contributed by atoms with Gasteiger partial charge >= 0.3 is 5.97 Å². The number of anilines is 1. The van der Waals surface area contributed by atoms with Gasteiger partial charge in [0.2, 0.25) is 35.4 Å². The summed E-state index contributed by atoms with van der Waals surface area (Å²) in [6.07, 6.45) is 8.42. The van der Waals surface area contributed by atoms with E-state index in [1.165, 1.54) is 12.1 Å². The molecule has 10 atom stereocenters. The van der Waals surface area contributed by atoms with Crippen molar-refractivity contribution in [2.24, 2.45) is 64.4 Å². The Kier molecular flexibility index (Phi) is 51.1. The molecule has 0 saturated carbocycles. The fourth-order valence-electron chi connectivity index (χ4n) is 16.5. The molecule has 0 spiro atoms. The predicted molar refractivity (Wildman–Crippen MR) is 549 cm³/mol. The van der Waals surface area contributed by atoms with E-state index in [9.17, 15) is 72.5 Å². The molecule has 36 nitrogen and oxygen atoms in total. The summed E-state index contributed by atoms with van der Waals surface area (Å²) in [5.74, 6) is -15.5. The van der Waals surface area contributed by atoms with Gasteiger partial charge in [0, 0.05) is 138 Å². The number of pyridine rings is 2. The van der Waals surface area contributed by atoms with Crippen LogP contribution in [0.1, 0.15) is 212 Å². The van der Waals surface area contributed by atoms with Crippen LogP contribution >= 0.6 is 0 Å². The van der Waals surface area contributed by atoms with Crippen LogP contribution in [0.4, 0.5) is 5.69 Å². The monoisotopic (exact) mass is 1970 g/mol. The molecule has 7 aromatic rings. The lowest BCUT2D eigenvalue weighted by molar-refractivity contribution is -0.144. The van der Waals surface area contributed by atoms with Crippen LogP contribution in [0, 0.1) is 57.7 Å². The van der Waals surface area contributed by atoms with Crippen molar-refractivity contribution in [3.63, 3.8) is 0 Å². The van der Waals surface area contributed by atoms with Crippen molar-refractivity contribution in [3.8, 4) is 5.75 Å². The number of phenols is 1. The van der Waals surface area contributed by atoms with Gasteiger partial charge in [-0.25, -0.2) is 0 Å². The number of benzene rings is 5. The Labute approximate surface area is 836 Å². The number of rotatable bonds is 69. The maximum atomic E-state index is 15.1. The van der Waals surface area contributed by atoms with Crippen molar-refractivity contribution in [1.82, 2.24) is 62.7 Å². The van der Waals surface area contributed by atoms with Gasteiger partial charge in [0.1, 0.15) is 11.5 Å². The summed E-state index contributed by atoms with van der Waals surface area (Å²) in [6, 6.07) is 45.2. The van der Waals surface area contributed by atoms with Crippen LogP contribution in [0.2, 0.25) is 0 Å². The lowest BCUT2D eigenvalue weighted by Gasteiger charge is -2.29. The van der Waals surface area contributed by atoms with Gasteiger partial charge in [-0.2, -0.15) is 0 Å². The van der Waals surface area contributed by atoms with Crippen molar-refractivity contribution in [1.29, 1.82) is 16.2 Å². The zero-order chi connectivity index (χ0) is 104. The Morgan fingerprint density at radius 2 is 0.916 bits per heavy atom. The van der Waals surface area contributed by atoms with E-state index in [1.807, 2.05) is 96.8 Å². The Morgan fingerprint density at radius 1 is 0.427 bits per heavy atom. The molecule has 2 aromatic heterocycles. The molecule has 7 amide bonds. The van der Waals surface area contributed by atoms with E-state index in [1.54, 1.807) is 118 Å². The Bertz CT molecular complexity index is 5270. The molecule has 5 aromatic carbocycles. The molecule has 0 saturated heterocycles. The van der Waals surface area contributed by atoms with E-state index in [4.69, 9.17) is 39.2 Å². The minimum atomic E-state index is -1.27. The number of ketones is 6. The zero-order valence-electron chi connectivity index (χ0n) is 82.4. The molecule has 7 rings (SSSR count). The minimum absolute atomic E-state index is 0.00182. The number of aliphatic carboxylic acids is 1. The number of aromatic nitrogens is 2. The zero-order valence-corrected chi connectivity index (χ0v) is 82.4. The summed E-state index contributed by atoms with van der Waals surface area (Å²) in [5.41, 5.74) is 28.7. The largest absolute Gasteiger partial charge is 0.508 e. The number of carboxylic acids is 1. The predicted octanol–water partition coefficient (Wildman–Crippen LogP) is 9.00. The average Bonchev–Trinajstić information content (AvgIpc) is 0.840. The van der Waals surface area contributed by atoms with Crippen molar-refractivity contribution in [2.45, 2.75) is 219 Å². The smallest absolute Gasteiger partial charge is 0.306 e. The molecule has 36 heteroatoms. The third-order valence-electron chi connectivity index (χ3n) is 24.8. The van der Waals surface area contributed by atoms with Crippen LogP contribution in [-0.4, -0.2) is 195 Å². The third-order valence-corrected chi connectivity index (χ3v) is 24.8. The van der Waals surface area contributed by atoms with Gasteiger partial charge in [-0.3, -0.25) is 98.2 Å². The Balaban J connectivity index is 0.941. The van der Waals surface area contributed by atoms with Gasteiger partial charge in [0.15, 0.2) is 46.8 Å². The van der Waals surface area contributed by atoms with E-state index in [-0.39, 0.29) is 151 Å². The standard InChI is InChI=1S/C107H144N20O16/c1-5-71(4)88(103(141)126-98(70(2)3)95(134)64-81(58-74-24-9-6-10-25-74)100(138)121-66-87(130)49-50-96(135)123-89(33-22-56-119-106(111)112)92(131)62-78(29-21-55-118-105(109)110)101(139)124-90(34-23-57-120-107(113)114)93(132)63-79(104(142)143)28-14-17-51-108)65-94(133)91(60-75-26-11-7-12-27-75)125-102(140)80(59-76-41-47-85(128)48-42-76)61-86(129)32-13-8-18-54-117-99(137)77-43-37-72(38-44-77)35-36-73-39-45-82(46-40-73)122-97(136)69-127(67-83-30-15-19-52-115-83)68-84-31-16-20-53-116-84/h6-7,9-12,15-16,19-20,24-27,30-31,35-48,52-53,70-71,78-81,88-91,98,128H,5,8,13-14,17-18,21-23,28-29,32-34,49-51,54-69,108H2,1-4H3,(H,117,137)(H,121,138)(H,122,136)(H,123,135)(H,124,139)(H,125,140)(H,126,141)(H,142,143)(H4,109,110,118)(H4,111,112,119)(H4,113,114,120)/b36-35+/t71-,78-,79+,80+,81+,88-,89-,90-,91-,98-/m0/s1. The van der Waals surface area contributed by atoms with E-state index >= 15 is 4.79 Å². The third kappa shape index (κ3) is 44.9. The van der Waals surface area contributed by atoms with Crippen molar-refractivity contribution >= 4 is 118 Å². The number of carbonyl (C=O) groups is 14. The lowest BCUT2D eigenvalue weighted by atomic mass is 9.83. The van der Waals surface area contributed by atoms with Crippen LogP contribution in [-0.2, 0) is 94.7 Å². The molecule has 143 heavy (non-hydrogen) atoms. The normalized spacial score (nSPS) is 13.3. The lowest BCUT2D eigenvalue weighted by Crippen LogP contribution is -2.50. The highest BCUT2D eigenvalue weighted by Crippen LogP contribution is 2.28. The molecule has 2 heterocycles. The van der Waals surface area contributed by atoms with Gasteiger partial charge in [-0.05, 0) is 190 Å². The molecular formula is C107H144N20O16. The van der Waals surface area contributed by atoms with Gasteiger partial charge < -0.3 is 86.3 Å². The number of phenolic OH excluding ortho intramolecular Hbond substituents is 1. The van der Waals surface area contributed by atoms with Crippen molar-refractivity contribution in [2.75, 3.05) is 51.1 Å². The fraction of sp³-hybridized carbons (Fsp3) is 0.449. The van der Waals surface area contributed by atoms with Crippen LogP contribution in [0.15, 0.2) is 182 Å². The number of unbranched alkanes of at least 4 members (excludes halogenated alkanes) is 3. The van der Waals surface area contributed by atoms with Crippen LogP contribution < -0.4 is 76.1 Å². The number of guanidine groups is 3. The second-order valence-corrected chi connectivity index (χ2v) is 36.7. The highest BCUT2D eigenvalue weighted by Gasteiger charge is 2.38. The van der Waals surface area contributed by atoms with Gasteiger partial charge in [0.25, 0.3) is 5.91 Å². The number of Topliss-reactive ketones (excluding diaryl/α,β-unsaturated/α-hetero) is 6. The van der Waals surface area contributed by atoms with E-state index in [2.05, 4.69) is 63.1 Å². The molecular weight excluding hydrogens is 1820 g/mol. The second kappa shape index (κ2) is 63.3. The quantitative estimate of drug-likeness (QED) is 0.00731. The summed E-state index contributed by atoms with van der Waals surface area (Å²) in [6.45, 7) is 8.57. The molecule has 0 aliphatic rings. The second-order valence-electron chi connectivity index (χ2n) is 36.7. The number of amides is 7.